The largest absolute Gasteiger partial charge is 0.349 e. The summed E-state index contributed by atoms with van der Waals surface area (Å²) in [7, 11) is 0. The van der Waals surface area contributed by atoms with Crippen LogP contribution in [0, 0.1) is 0 Å². The molecule has 2 heterocycles. The first-order valence-electron chi connectivity index (χ1n) is 12.0. The van der Waals surface area contributed by atoms with Crippen molar-refractivity contribution in [2.75, 3.05) is 23.7 Å². The average molecular weight is 462 g/mol. The fraction of sp³-hybridized carbons (Fsp3) is 0.423. The minimum absolute atomic E-state index is 0.0181. The van der Waals surface area contributed by atoms with E-state index in [0.717, 1.165) is 29.8 Å². The Morgan fingerprint density at radius 3 is 2.39 bits per heavy atom. The minimum Gasteiger partial charge on any atom is -0.349 e. The molecular weight excluding hydrogens is 430 g/mol. The maximum atomic E-state index is 12.7. The Labute approximate surface area is 199 Å². The van der Waals surface area contributed by atoms with Crippen LogP contribution in [0.25, 0.3) is 11.1 Å². The quantitative estimate of drug-likeness (QED) is 0.465. The van der Waals surface area contributed by atoms with Crippen LogP contribution in [0.15, 0.2) is 59.8 Å². The summed E-state index contributed by atoms with van der Waals surface area (Å²) in [4.78, 5) is 15.1. The highest BCUT2D eigenvalue weighted by Gasteiger charge is 2.32. The summed E-state index contributed by atoms with van der Waals surface area (Å²) in [6, 6.07) is 19.2. The molecular formula is C26H31N5OS. The molecule has 2 aliphatic rings. The zero-order chi connectivity index (χ0) is 22.6. The topological polar surface area (TPSA) is 63.1 Å². The highest BCUT2D eigenvalue weighted by Crippen LogP contribution is 2.41. The molecule has 0 radical (unpaired) electrons. The van der Waals surface area contributed by atoms with Crippen molar-refractivity contribution in [1.82, 2.24) is 20.1 Å². The molecule has 1 aromatic heterocycles. The van der Waals surface area contributed by atoms with Crippen LogP contribution in [0.3, 0.4) is 0 Å². The fourth-order valence-corrected chi connectivity index (χ4v) is 5.23. The number of hydrogen-bond donors (Lipinski definition) is 1. The summed E-state index contributed by atoms with van der Waals surface area (Å²) in [6.07, 6.45) is 6.07. The molecule has 5 rings (SSSR count). The van der Waals surface area contributed by atoms with Crippen LogP contribution >= 0.6 is 11.8 Å². The van der Waals surface area contributed by atoms with E-state index in [0.29, 0.717) is 11.8 Å². The predicted octanol–water partition coefficient (Wildman–Crippen LogP) is 5.24. The van der Waals surface area contributed by atoms with E-state index in [1.54, 1.807) is 0 Å². The monoisotopic (exact) mass is 461 g/mol. The maximum absolute atomic E-state index is 12.7. The van der Waals surface area contributed by atoms with Crippen LogP contribution in [0.5, 0.6) is 0 Å². The van der Waals surface area contributed by atoms with Gasteiger partial charge in [-0.25, -0.2) is 0 Å². The Morgan fingerprint density at radius 1 is 1.00 bits per heavy atom. The number of anilines is 1. The van der Waals surface area contributed by atoms with Gasteiger partial charge in [0.05, 0.1) is 11.8 Å². The van der Waals surface area contributed by atoms with Crippen molar-refractivity contribution in [2.45, 2.75) is 56.3 Å². The molecule has 1 unspecified atom stereocenters. The molecule has 1 N–H and O–H groups in total. The van der Waals surface area contributed by atoms with Crippen molar-refractivity contribution in [3.05, 3.63) is 60.2 Å². The molecule has 172 valence electrons. The lowest BCUT2D eigenvalue weighted by Gasteiger charge is -2.27. The van der Waals surface area contributed by atoms with Crippen LogP contribution in [0.4, 0.5) is 5.95 Å². The van der Waals surface area contributed by atoms with E-state index in [1.807, 2.05) is 25.1 Å². The van der Waals surface area contributed by atoms with Gasteiger partial charge in [-0.2, -0.15) is 0 Å². The normalized spacial score (nSPS) is 17.1. The minimum atomic E-state index is -0.0480. The Morgan fingerprint density at radius 2 is 1.70 bits per heavy atom. The molecule has 1 aliphatic carbocycles. The zero-order valence-corrected chi connectivity index (χ0v) is 19.9. The van der Waals surface area contributed by atoms with E-state index in [4.69, 9.17) is 0 Å². The number of carbonyl (C=O) groups excluding carboxylic acids is 1. The number of benzene rings is 2. The number of nitrogens with one attached hydrogen (secondary N) is 1. The van der Waals surface area contributed by atoms with Crippen molar-refractivity contribution in [3.63, 3.8) is 0 Å². The van der Waals surface area contributed by atoms with Crippen molar-refractivity contribution < 1.29 is 4.79 Å². The third kappa shape index (κ3) is 5.24. The Hall–Kier alpha value is -2.80. The molecule has 7 heteroatoms. The molecule has 33 heavy (non-hydrogen) atoms. The van der Waals surface area contributed by atoms with Crippen LogP contribution in [-0.4, -0.2) is 39.5 Å². The summed E-state index contributed by atoms with van der Waals surface area (Å²) in [6.45, 7) is 4.13. The van der Waals surface area contributed by atoms with Gasteiger partial charge >= 0.3 is 0 Å². The van der Waals surface area contributed by atoms with Gasteiger partial charge in [0, 0.05) is 19.1 Å². The Balaban J connectivity index is 1.18. The van der Waals surface area contributed by atoms with Gasteiger partial charge in [-0.15, -0.1) is 10.2 Å². The van der Waals surface area contributed by atoms with Gasteiger partial charge in [-0.3, -0.25) is 9.36 Å². The summed E-state index contributed by atoms with van der Waals surface area (Å²) < 4.78 is 2.27. The van der Waals surface area contributed by atoms with E-state index in [2.05, 4.69) is 61.4 Å². The zero-order valence-electron chi connectivity index (χ0n) is 19.1. The fourth-order valence-electron chi connectivity index (χ4n) is 4.42. The first-order chi connectivity index (χ1) is 16.2. The van der Waals surface area contributed by atoms with Crippen molar-refractivity contribution in [3.8, 4) is 11.1 Å². The summed E-state index contributed by atoms with van der Waals surface area (Å²) >= 11 is 1.50. The lowest BCUT2D eigenvalue weighted by Crippen LogP contribution is -2.32. The number of piperidine rings is 1. The van der Waals surface area contributed by atoms with Crippen LogP contribution in [0.1, 0.15) is 56.7 Å². The second-order valence-corrected chi connectivity index (χ2v) is 9.94. The summed E-state index contributed by atoms with van der Waals surface area (Å²) in [5.74, 6) is 1.36. The van der Waals surface area contributed by atoms with Crippen LogP contribution < -0.4 is 10.2 Å². The third-order valence-electron chi connectivity index (χ3n) is 6.43. The van der Waals surface area contributed by atoms with E-state index < -0.39 is 0 Å². The van der Waals surface area contributed by atoms with Gasteiger partial charge in [-0.05, 0) is 55.7 Å². The van der Waals surface area contributed by atoms with Crippen molar-refractivity contribution in [2.24, 2.45) is 0 Å². The Kier molecular flexibility index (Phi) is 6.67. The summed E-state index contributed by atoms with van der Waals surface area (Å²) in [5.41, 5.74) is 3.47. The molecule has 0 spiro atoms. The molecule has 6 nitrogen and oxygen atoms in total. The number of carbonyl (C=O) groups is 1. The highest BCUT2D eigenvalue weighted by molar-refractivity contribution is 7.99. The molecule has 1 saturated carbocycles. The first-order valence-corrected chi connectivity index (χ1v) is 12.9. The molecule has 3 aromatic rings. The number of thioether (sulfide) groups is 1. The molecule has 0 bridgehead atoms. The van der Waals surface area contributed by atoms with E-state index in [1.165, 1.54) is 55.0 Å². The van der Waals surface area contributed by atoms with Gasteiger partial charge in [-0.1, -0.05) is 66.4 Å². The smallest absolute Gasteiger partial charge is 0.230 e. The predicted molar refractivity (Wildman–Crippen MR) is 134 cm³/mol. The number of hydrogen-bond acceptors (Lipinski definition) is 5. The van der Waals surface area contributed by atoms with Gasteiger partial charge in [0.2, 0.25) is 11.9 Å². The van der Waals surface area contributed by atoms with Crippen LogP contribution in [-0.2, 0) is 4.79 Å². The maximum Gasteiger partial charge on any atom is 0.230 e. The molecule has 1 saturated heterocycles. The SMILES string of the molecule is CC(NC(=O)CSc1nnc(N2CCCCC2)n1C1CC1)c1ccc(-c2ccccc2)cc1. The van der Waals surface area contributed by atoms with E-state index >= 15 is 0 Å². The van der Waals surface area contributed by atoms with Gasteiger partial charge in [0.1, 0.15) is 0 Å². The number of rotatable bonds is 8. The van der Waals surface area contributed by atoms with Crippen molar-refractivity contribution in [1.29, 1.82) is 0 Å². The van der Waals surface area contributed by atoms with Crippen molar-refractivity contribution >= 4 is 23.6 Å². The highest BCUT2D eigenvalue weighted by atomic mass is 32.2. The lowest BCUT2D eigenvalue weighted by atomic mass is 10.0. The molecule has 2 fully saturated rings. The van der Waals surface area contributed by atoms with Gasteiger partial charge in [0.25, 0.3) is 0 Å². The first kappa shape index (κ1) is 22.0. The van der Waals surface area contributed by atoms with E-state index in [-0.39, 0.29) is 11.9 Å². The molecule has 1 aliphatic heterocycles. The molecule has 1 atom stereocenters. The number of nitrogens with zero attached hydrogens (tertiary/aromatic N) is 4. The average Bonchev–Trinajstić information content (AvgIpc) is 3.62. The second-order valence-electron chi connectivity index (χ2n) is 9.00. The van der Waals surface area contributed by atoms with Crippen LogP contribution in [0.2, 0.25) is 0 Å². The number of amides is 1. The number of aromatic nitrogens is 3. The molecule has 2 aromatic carbocycles. The third-order valence-corrected chi connectivity index (χ3v) is 7.37. The van der Waals surface area contributed by atoms with Gasteiger partial charge in [0.15, 0.2) is 5.16 Å². The lowest BCUT2D eigenvalue weighted by molar-refractivity contribution is -0.119. The second kappa shape index (κ2) is 10.00. The summed E-state index contributed by atoms with van der Waals surface area (Å²) in [5, 5.41) is 13.0. The van der Waals surface area contributed by atoms with E-state index in [9.17, 15) is 4.79 Å². The standard InChI is InChI=1S/C26H31N5OS/c1-19(20-10-12-22(13-11-20)21-8-4-2-5-9-21)27-24(32)18-33-26-29-28-25(31(26)23-14-15-23)30-16-6-3-7-17-30/h2,4-5,8-13,19,23H,3,6-7,14-18H2,1H3,(H,27,32). The Bertz CT molecular complexity index is 1070. The molecule has 1 amide bonds. The van der Waals surface area contributed by atoms with Gasteiger partial charge < -0.3 is 10.2 Å².